The molecule has 0 aliphatic rings. The molecule has 0 amide bonds. The molecule has 35 heavy (non-hydrogen) atoms. The number of nitrogens with zero attached hydrogens (tertiary/aromatic N) is 2. The van der Waals surface area contributed by atoms with Crippen LogP contribution in [0.3, 0.4) is 0 Å². The van der Waals surface area contributed by atoms with Crippen LogP contribution in [-0.4, -0.2) is 21.1 Å². The maximum atomic E-state index is 13.5. The molecule has 0 bridgehead atoms. The van der Waals surface area contributed by atoms with Crippen molar-refractivity contribution in [1.29, 1.82) is 0 Å². The monoisotopic (exact) mass is 498 g/mol. The van der Waals surface area contributed by atoms with E-state index in [-0.39, 0.29) is 17.1 Å². The molecule has 5 rings (SSSR count). The van der Waals surface area contributed by atoms with Gasteiger partial charge < -0.3 is 4.74 Å². The molecule has 0 radical (unpaired) electrons. The number of para-hydroxylation sites is 2. The zero-order chi connectivity index (χ0) is 24.2. The molecule has 0 saturated carbocycles. The van der Waals surface area contributed by atoms with Crippen LogP contribution in [0, 0.1) is 0 Å². The molecular weight excluding hydrogens is 480 g/mol. The van der Waals surface area contributed by atoms with Gasteiger partial charge in [0.1, 0.15) is 11.5 Å². The molecule has 7 heteroatoms. The topological polar surface area (TPSA) is 61.2 Å². The lowest BCUT2D eigenvalue weighted by Crippen LogP contribution is -2.22. The van der Waals surface area contributed by atoms with Gasteiger partial charge in [0, 0.05) is 10.6 Å². The Bertz CT molecular complexity index is 1550. The van der Waals surface area contributed by atoms with Gasteiger partial charge in [0.05, 0.1) is 22.3 Å². The van der Waals surface area contributed by atoms with Crippen LogP contribution in [0.4, 0.5) is 0 Å². The van der Waals surface area contributed by atoms with Gasteiger partial charge in [-0.25, -0.2) is 4.98 Å². The summed E-state index contributed by atoms with van der Waals surface area (Å²) in [5.41, 5.74) is 1.57. The average molecular weight is 499 g/mol. The van der Waals surface area contributed by atoms with Gasteiger partial charge in [0.2, 0.25) is 0 Å². The van der Waals surface area contributed by atoms with Crippen LogP contribution in [-0.2, 0) is 0 Å². The molecule has 5 aromatic rings. The highest BCUT2D eigenvalue weighted by Gasteiger charge is 2.16. The van der Waals surface area contributed by atoms with Gasteiger partial charge in [0.15, 0.2) is 10.9 Å². The number of hydrogen-bond donors (Lipinski definition) is 0. The van der Waals surface area contributed by atoms with Crippen molar-refractivity contribution in [2.24, 2.45) is 0 Å². The van der Waals surface area contributed by atoms with E-state index in [2.05, 4.69) is 0 Å². The van der Waals surface area contributed by atoms with Crippen molar-refractivity contribution in [3.63, 3.8) is 0 Å². The molecule has 172 valence electrons. The third-order valence-corrected chi connectivity index (χ3v) is 6.51. The summed E-state index contributed by atoms with van der Waals surface area (Å²) in [4.78, 5) is 30.9. The maximum Gasteiger partial charge on any atom is 0.266 e. The predicted octanol–water partition coefficient (Wildman–Crippen LogP) is 6.81. The quantitative estimate of drug-likeness (QED) is 0.140. The van der Waals surface area contributed by atoms with Crippen LogP contribution in [0.1, 0.15) is 10.4 Å². The van der Waals surface area contributed by atoms with E-state index in [0.717, 1.165) is 5.75 Å². The van der Waals surface area contributed by atoms with E-state index in [1.54, 1.807) is 60.7 Å². The van der Waals surface area contributed by atoms with Crippen molar-refractivity contribution in [3.8, 4) is 17.2 Å². The van der Waals surface area contributed by atoms with Crippen LogP contribution in [0.5, 0.6) is 11.5 Å². The molecule has 0 fully saturated rings. The average Bonchev–Trinajstić information content (AvgIpc) is 2.89. The molecule has 0 saturated heterocycles. The zero-order valence-corrected chi connectivity index (χ0v) is 20.0. The molecule has 4 aromatic carbocycles. The number of Topliss-reactive ketones (excluding diaryl/α,β-unsaturated/α-hetero) is 1. The number of thioether (sulfide) groups is 1. The number of aromatic nitrogens is 2. The highest BCUT2D eigenvalue weighted by molar-refractivity contribution is 7.99. The Morgan fingerprint density at radius 3 is 2.23 bits per heavy atom. The second kappa shape index (κ2) is 10.2. The molecule has 0 atom stereocenters. The molecule has 0 N–H and O–H groups in total. The zero-order valence-electron chi connectivity index (χ0n) is 18.4. The molecule has 1 heterocycles. The molecule has 0 aliphatic heterocycles. The Morgan fingerprint density at radius 2 is 1.49 bits per heavy atom. The Morgan fingerprint density at radius 1 is 0.829 bits per heavy atom. The minimum absolute atomic E-state index is 0.0766. The summed E-state index contributed by atoms with van der Waals surface area (Å²) in [6.45, 7) is 0. The van der Waals surface area contributed by atoms with Gasteiger partial charge in [-0.1, -0.05) is 53.7 Å². The number of ketones is 1. The Balaban J connectivity index is 1.48. The maximum absolute atomic E-state index is 13.5. The first-order chi connectivity index (χ1) is 17.1. The fraction of sp³-hybridized carbons (Fsp3) is 0.0357. The number of rotatable bonds is 7. The first-order valence-corrected chi connectivity index (χ1v) is 12.2. The smallest absolute Gasteiger partial charge is 0.266 e. The van der Waals surface area contributed by atoms with Crippen molar-refractivity contribution >= 4 is 40.0 Å². The summed E-state index contributed by atoms with van der Waals surface area (Å²) in [5, 5.41) is 1.51. The van der Waals surface area contributed by atoms with Gasteiger partial charge >= 0.3 is 0 Å². The lowest BCUT2D eigenvalue weighted by Gasteiger charge is -2.14. The van der Waals surface area contributed by atoms with Crippen molar-refractivity contribution < 1.29 is 9.53 Å². The van der Waals surface area contributed by atoms with E-state index in [0.29, 0.717) is 38.1 Å². The standard InChI is InChI=1S/C28H19ClN2O3S/c29-20-12-10-19(11-13-20)26(32)18-35-28-30-25-9-5-4-8-24(25)27(33)31(28)21-14-16-23(17-15-21)34-22-6-2-1-3-7-22/h1-17H,18H2. The van der Waals surface area contributed by atoms with E-state index >= 15 is 0 Å². The Labute approximate surface area is 211 Å². The number of hydrogen-bond acceptors (Lipinski definition) is 5. The summed E-state index contributed by atoms with van der Waals surface area (Å²) in [6, 6.07) is 30.6. The number of benzene rings is 4. The van der Waals surface area contributed by atoms with Gasteiger partial charge in [-0.05, 0) is 72.8 Å². The van der Waals surface area contributed by atoms with Crippen LogP contribution in [0.25, 0.3) is 16.6 Å². The summed E-state index contributed by atoms with van der Waals surface area (Å²) in [6.07, 6.45) is 0. The van der Waals surface area contributed by atoms with Crippen LogP contribution < -0.4 is 10.3 Å². The number of ether oxygens (including phenoxy) is 1. The minimum Gasteiger partial charge on any atom is -0.457 e. The van der Waals surface area contributed by atoms with E-state index in [1.165, 1.54) is 16.3 Å². The number of carbonyl (C=O) groups is 1. The van der Waals surface area contributed by atoms with E-state index in [9.17, 15) is 9.59 Å². The van der Waals surface area contributed by atoms with Crippen molar-refractivity contribution in [2.45, 2.75) is 5.16 Å². The second-order valence-corrected chi connectivity index (χ2v) is 9.06. The van der Waals surface area contributed by atoms with Crippen LogP contribution >= 0.6 is 23.4 Å². The summed E-state index contributed by atoms with van der Waals surface area (Å²) < 4.78 is 7.41. The Hall–Kier alpha value is -3.87. The van der Waals surface area contributed by atoms with Gasteiger partial charge in [0.25, 0.3) is 5.56 Å². The lowest BCUT2D eigenvalue weighted by molar-refractivity contribution is 0.102. The number of carbonyl (C=O) groups excluding carboxylic acids is 1. The van der Waals surface area contributed by atoms with Crippen molar-refractivity contribution in [1.82, 2.24) is 9.55 Å². The van der Waals surface area contributed by atoms with Crippen molar-refractivity contribution in [3.05, 3.63) is 124 Å². The summed E-state index contributed by atoms with van der Waals surface area (Å²) in [5.74, 6) is 1.42. The fourth-order valence-corrected chi connectivity index (χ4v) is 4.61. The largest absolute Gasteiger partial charge is 0.457 e. The molecule has 0 aliphatic carbocycles. The van der Waals surface area contributed by atoms with Gasteiger partial charge in [-0.2, -0.15) is 0 Å². The SMILES string of the molecule is O=C(CSc1nc2ccccc2c(=O)n1-c1ccc(Oc2ccccc2)cc1)c1ccc(Cl)cc1. The first-order valence-electron chi connectivity index (χ1n) is 10.9. The van der Waals surface area contributed by atoms with Crippen molar-refractivity contribution in [2.75, 3.05) is 5.75 Å². The van der Waals surface area contributed by atoms with Crippen LogP contribution in [0.2, 0.25) is 5.02 Å². The lowest BCUT2D eigenvalue weighted by atomic mass is 10.1. The second-order valence-electron chi connectivity index (χ2n) is 7.68. The molecule has 5 nitrogen and oxygen atoms in total. The summed E-state index contributed by atoms with van der Waals surface area (Å²) >= 11 is 7.16. The van der Waals surface area contributed by atoms with Gasteiger partial charge in [-0.15, -0.1) is 0 Å². The molecule has 1 aromatic heterocycles. The number of halogens is 1. The first kappa shape index (κ1) is 22.9. The highest BCUT2D eigenvalue weighted by Crippen LogP contribution is 2.26. The Kier molecular flexibility index (Phi) is 6.66. The third-order valence-electron chi connectivity index (χ3n) is 5.32. The fourth-order valence-electron chi connectivity index (χ4n) is 3.57. The minimum atomic E-state index is -0.200. The predicted molar refractivity (Wildman–Crippen MR) is 140 cm³/mol. The van der Waals surface area contributed by atoms with Gasteiger partial charge in [-0.3, -0.25) is 14.2 Å². The van der Waals surface area contributed by atoms with E-state index < -0.39 is 0 Å². The summed E-state index contributed by atoms with van der Waals surface area (Å²) in [7, 11) is 0. The van der Waals surface area contributed by atoms with E-state index in [1.807, 2.05) is 42.5 Å². The molecule has 0 spiro atoms. The highest BCUT2D eigenvalue weighted by atomic mass is 35.5. The van der Waals surface area contributed by atoms with E-state index in [4.69, 9.17) is 21.3 Å². The van der Waals surface area contributed by atoms with Crippen LogP contribution in [0.15, 0.2) is 113 Å². The third kappa shape index (κ3) is 5.14. The normalized spacial score (nSPS) is 10.9. The number of fused-ring (bicyclic) bond motifs is 1. The molecular formula is C28H19ClN2O3S. The molecule has 0 unspecified atom stereocenters.